The van der Waals surface area contributed by atoms with Gasteiger partial charge in [0.2, 0.25) is 0 Å². The summed E-state index contributed by atoms with van der Waals surface area (Å²) in [6.07, 6.45) is 1.82. The minimum atomic E-state index is 0.215. The number of hydrogen-bond acceptors (Lipinski definition) is 3. The van der Waals surface area contributed by atoms with Crippen LogP contribution in [0.4, 0.5) is 5.69 Å². The van der Waals surface area contributed by atoms with Gasteiger partial charge >= 0.3 is 0 Å². The van der Waals surface area contributed by atoms with Crippen LogP contribution in [-0.4, -0.2) is 11.6 Å². The number of nitrogens with one attached hydrogen (secondary N) is 1. The molecule has 1 atom stereocenters. The summed E-state index contributed by atoms with van der Waals surface area (Å²) >= 11 is 3.34. The van der Waals surface area contributed by atoms with Crippen molar-refractivity contribution in [1.82, 2.24) is 4.98 Å². The highest BCUT2D eigenvalue weighted by Crippen LogP contribution is 2.22. The Morgan fingerprint density at radius 2 is 1.81 bits per heavy atom. The molecule has 0 bridgehead atoms. The topological polar surface area (TPSA) is 34.1 Å². The molecule has 1 aromatic carbocycles. The number of halogens is 1. The first kappa shape index (κ1) is 15.8. The van der Waals surface area contributed by atoms with Crippen LogP contribution in [0.5, 0.6) is 5.75 Å². The summed E-state index contributed by atoms with van der Waals surface area (Å²) in [7, 11) is 0. The van der Waals surface area contributed by atoms with E-state index in [2.05, 4.69) is 59.1 Å². The van der Waals surface area contributed by atoms with Crippen molar-refractivity contribution >= 4 is 21.6 Å². The summed E-state index contributed by atoms with van der Waals surface area (Å²) in [6, 6.07) is 12.4. The van der Waals surface area contributed by atoms with Crippen LogP contribution in [-0.2, 0) is 0 Å². The molecule has 0 amide bonds. The van der Waals surface area contributed by atoms with Crippen LogP contribution >= 0.6 is 15.9 Å². The number of hydrogen-bond donors (Lipinski definition) is 1. The third-order valence-electron chi connectivity index (χ3n) is 3.07. The molecule has 0 saturated carbocycles. The average Bonchev–Trinajstić information content (AvgIpc) is 2.48. The number of rotatable bonds is 6. The van der Waals surface area contributed by atoms with E-state index in [0.717, 1.165) is 22.6 Å². The summed E-state index contributed by atoms with van der Waals surface area (Å²) in [5.74, 6) is 1.46. The van der Waals surface area contributed by atoms with Crippen LogP contribution in [0.3, 0.4) is 0 Å². The molecule has 1 N–H and O–H groups in total. The van der Waals surface area contributed by atoms with Crippen molar-refractivity contribution < 1.29 is 4.74 Å². The van der Waals surface area contributed by atoms with Crippen LogP contribution in [0.2, 0.25) is 0 Å². The zero-order valence-corrected chi connectivity index (χ0v) is 14.2. The Labute approximate surface area is 134 Å². The third-order valence-corrected chi connectivity index (χ3v) is 3.54. The summed E-state index contributed by atoms with van der Waals surface area (Å²) < 4.78 is 6.54. The van der Waals surface area contributed by atoms with E-state index < -0.39 is 0 Å². The summed E-state index contributed by atoms with van der Waals surface area (Å²) in [5, 5.41) is 3.43. The first-order valence-corrected chi connectivity index (χ1v) is 7.94. The Balaban J connectivity index is 1.96. The summed E-state index contributed by atoms with van der Waals surface area (Å²) in [5.41, 5.74) is 2.22. The van der Waals surface area contributed by atoms with E-state index >= 15 is 0 Å². The van der Waals surface area contributed by atoms with Gasteiger partial charge in [0.05, 0.1) is 18.5 Å². The van der Waals surface area contributed by atoms with Crippen molar-refractivity contribution in [2.24, 2.45) is 5.92 Å². The molecular weight excluding hydrogens is 328 g/mol. The van der Waals surface area contributed by atoms with Crippen LogP contribution in [0.15, 0.2) is 47.2 Å². The maximum atomic E-state index is 5.70. The lowest BCUT2D eigenvalue weighted by Gasteiger charge is -2.16. The maximum Gasteiger partial charge on any atom is 0.119 e. The van der Waals surface area contributed by atoms with Gasteiger partial charge in [-0.05, 0) is 58.6 Å². The van der Waals surface area contributed by atoms with E-state index in [-0.39, 0.29) is 6.04 Å². The molecular formula is C17H21BrN2O. The van der Waals surface area contributed by atoms with Gasteiger partial charge in [-0.15, -0.1) is 0 Å². The van der Waals surface area contributed by atoms with Gasteiger partial charge in [0.15, 0.2) is 0 Å². The molecule has 2 rings (SSSR count). The summed E-state index contributed by atoms with van der Waals surface area (Å²) in [6.45, 7) is 7.17. The maximum absolute atomic E-state index is 5.70. The predicted octanol–water partition coefficient (Wildman–Crippen LogP) is 5.05. The molecule has 112 valence electrons. The molecule has 0 fully saturated rings. The molecule has 21 heavy (non-hydrogen) atoms. The Hall–Kier alpha value is -1.55. The molecule has 0 saturated heterocycles. The number of pyridine rings is 1. The highest BCUT2D eigenvalue weighted by molar-refractivity contribution is 9.10. The molecule has 0 spiro atoms. The molecule has 3 nitrogen and oxygen atoms in total. The standard InChI is InChI=1S/C17H21BrN2O/c1-12(2)11-21-16-7-4-14(5-8-16)13(3)20-15-6-9-17(18)19-10-15/h4-10,12-13,20H,11H2,1-3H3. The van der Waals surface area contributed by atoms with E-state index in [1.807, 2.05) is 30.5 Å². The average molecular weight is 349 g/mol. The fraction of sp³-hybridized carbons (Fsp3) is 0.353. The Morgan fingerprint density at radius 3 is 2.38 bits per heavy atom. The van der Waals surface area contributed by atoms with E-state index in [4.69, 9.17) is 4.74 Å². The molecule has 2 aromatic rings. The van der Waals surface area contributed by atoms with Crippen LogP contribution < -0.4 is 10.1 Å². The van der Waals surface area contributed by atoms with Crippen molar-refractivity contribution in [1.29, 1.82) is 0 Å². The number of anilines is 1. The Kier molecular flexibility index (Phi) is 5.62. The fourth-order valence-corrected chi connectivity index (χ4v) is 2.14. The lowest BCUT2D eigenvalue weighted by molar-refractivity contribution is 0.271. The van der Waals surface area contributed by atoms with Gasteiger partial charge in [-0.1, -0.05) is 26.0 Å². The normalized spacial score (nSPS) is 12.2. The minimum Gasteiger partial charge on any atom is -0.493 e. The first-order valence-electron chi connectivity index (χ1n) is 7.15. The zero-order chi connectivity index (χ0) is 15.2. The van der Waals surface area contributed by atoms with Crippen LogP contribution in [0, 0.1) is 5.92 Å². The molecule has 1 heterocycles. The van der Waals surface area contributed by atoms with E-state index in [1.165, 1.54) is 5.56 Å². The second-order valence-electron chi connectivity index (χ2n) is 5.51. The SMILES string of the molecule is CC(C)COc1ccc(C(C)Nc2ccc(Br)nc2)cc1. The van der Waals surface area contributed by atoms with Gasteiger partial charge in [0.25, 0.3) is 0 Å². The van der Waals surface area contributed by atoms with Crippen LogP contribution in [0.25, 0.3) is 0 Å². The lowest BCUT2D eigenvalue weighted by Crippen LogP contribution is -2.07. The number of benzene rings is 1. The van der Waals surface area contributed by atoms with Gasteiger partial charge in [0.1, 0.15) is 10.4 Å². The molecule has 4 heteroatoms. The lowest BCUT2D eigenvalue weighted by atomic mass is 10.1. The summed E-state index contributed by atoms with van der Waals surface area (Å²) in [4.78, 5) is 4.21. The van der Waals surface area contributed by atoms with Gasteiger partial charge in [-0.3, -0.25) is 0 Å². The van der Waals surface area contributed by atoms with Gasteiger partial charge in [0, 0.05) is 6.04 Å². The van der Waals surface area contributed by atoms with E-state index in [1.54, 1.807) is 0 Å². The molecule has 0 aliphatic heterocycles. The molecule has 0 radical (unpaired) electrons. The third kappa shape index (κ3) is 5.05. The first-order chi connectivity index (χ1) is 10.0. The number of ether oxygens (including phenoxy) is 1. The predicted molar refractivity (Wildman–Crippen MR) is 90.7 cm³/mol. The highest BCUT2D eigenvalue weighted by atomic mass is 79.9. The quantitative estimate of drug-likeness (QED) is 0.741. The van der Waals surface area contributed by atoms with Gasteiger partial charge < -0.3 is 10.1 Å². The number of nitrogens with zero attached hydrogens (tertiary/aromatic N) is 1. The largest absolute Gasteiger partial charge is 0.493 e. The second kappa shape index (κ2) is 7.46. The van der Waals surface area contributed by atoms with Gasteiger partial charge in [-0.25, -0.2) is 4.98 Å². The number of aromatic nitrogens is 1. The monoisotopic (exact) mass is 348 g/mol. The van der Waals surface area contributed by atoms with Crippen molar-refractivity contribution in [3.05, 3.63) is 52.8 Å². The van der Waals surface area contributed by atoms with Crippen molar-refractivity contribution in [3.63, 3.8) is 0 Å². The molecule has 0 aliphatic rings. The van der Waals surface area contributed by atoms with Crippen molar-refractivity contribution in [2.75, 3.05) is 11.9 Å². The molecule has 0 aliphatic carbocycles. The fourth-order valence-electron chi connectivity index (χ4n) is 1.91. The van der Waals surface area contributed by atoms with Crippen LogP contribution in [0.1, 0.15) is 32.4 Å². The highest BCUT2D eigenvalue weighted by Gasteiger charge is 2.06. The van der Waals surface area contributed by atoms with E-state index in [0.29, 0.717) is 5.92 Å². The van der Waals surface area contributed by atoms with Crippen molar-refractivity contribution in [3.8, 4) is 5.75 Å². The Morgan fingerprint density at radius 1 is 1.10 bits per heavy atom. The van der Waals surface area contributed by atoms with Crippen molar-refractivity contribution in [2.45, 2.75) is 26.8 Å². The van der Waals surface area contributed by atoms with Gasteiger partial charge in [-0.2, -0.15) is 0 Å². The Bertz CT molecular complexity index is 552. The van der Waals surface area contributed by atoms with E-state index in [9.17, 15) is 0 Å². The molecule has 1 aromatic heterocycles. The second-order valence-corrected chi connectivity index (χ2v) is 6.32. The molecule has 1 unspecified atom stereocenters. The minimum absolute atomic E-state index is 0.215. The zero-order valence-electron chi connectivity index (χ0n) is 12.6. The smallest absolute Gasteiger partial charge is 0.119 e.